The number of hydrogen-bond donors (Lipinski definition) is 1. The lowest BCUT2D eigenvalue weighted by molar-refractivity contribution is 0.0529. The van der Waals surface area contributed by atoms with Crippen molar-refractivity contribution in [2.45, 2.75) is 6.92 Å². The maximum absolute atomic E-state index is 12.8. The topological polar surface area (TPSA) is 100 Å². The fourth-order valence-electron chi connectivity index (χ4n) is 3.05. The monoisotopic (exact) mass is 383 g/mol. The number of piperazine rings is 1. The first-order valence-electron chi connectivity index (χ1n) is 9.01. The summed E-state index contributed by atoms with van der Waals surface area (Å²) in [5.74, 6) is -1.05. The molecule has 2 aromatic rings. The molecular weight excluding hydrogens is 362 g/mol. The quantitative estimate of drug-likeness (QED) is 0.845. The second-order valence-corrected chi connectivity index (χ2v) is 6.25. The van der Waals surface area contributed by atoms with Gasteiger partial charge < -0.3 is 19.6 Å². The van der Waals surface area contributed by atoms with Gasteiger partial charge in [0.2, 0.25) is 0 Å². The molecule has 1 aromatic heterocycles. The summed E-state index contributed by atoms with van der Waals surface area (Å²) in [6.45, 7) is 3.78. The van der Waals surface area contributed by atoms with Crippen molar-refractivity contribution in [2.75, 3.05) is 32.8 Å². The number of carboxylic acid groups (broad SMARTS) is 1. The normalized spacial score (nSPS) is 13.9. The van der Waals surface area contributed by atoms with Crippen LogP contribution in [0.1, 0.15) is 38.1 Å². The van der Waals surface area contributed by atoms with Crippen LogP contribution >= 0.6 is 0 Å². The van der Waals surface area contributed by atoms with Gasteiger partial charge in [0.1, 0.15) is 11.4 Å². The summed E-state index contributed by atoms with van der Waals surface area (Å²) in [7, 11) is 0. The third-order valence-corrected chi connectivity index (χ3v) is 4.50. The zero-order valence-corrected chi connectivity index (χ0v) is 15.5. The number of pyridine rings is 1. The van der Waals surface area contributed by atoms with Crippen LogP contribution in [0.3, 0.4) is 0 Å². The number of aromatic carboxylic acids is 1. The van der Waals surface area contributed by atoms with Crippen molar-refractivity contribution in [3.63, 3.8) is 0 Å². The fraction of sp³-hybridized carbons (Fsp3) is 0.300. The number of carboxylic acids is 1. The Kier molecular flexibility index (Phi) is 5.88. The second kappa shape index (κ2) is 8.51. The fourth-order valence-corrected chi connectivity index (χ4v) is 3.05. The van der Waals surface area contributed by atoms with Crippen molar-refractivity contribution >= 4 is 17.8 Å². The molecule has 0 radical (unpaired) electrons. The highest BCUT2D eigenvalue weighted by molar-refractivity contribution is 5.98. The Morgan fingerprint density at radius 2 is 1.68 bits per heavy atom. The minimum Gasteiger partial charge on any atom is -0.493 e. The van der Waals surface area contributed by atoms with Gasteiger partial charge in [0.15, 0.2) is 0 Å². The molecule has 1 saturated heterocycles. The summed E-state index contributed by atoms with van der Waals surface area (Å²) >= 11 is 0. The molecule has 0 spiro atoms. The first kappa shape index (κ1) is 19.3. The van der Waals surface area contributed by atoms with Gasteiger partial charge in [-0.05, 0) is 31.2 Å². The Morgan fingerprint density at radius 3 is 2.32 bits per heavy atom. The number of rotatable bonds is 5. The average Bonchev–Trinajstić information content (AvgIpc) is 2.73. The molecule has 8 nitrogen and oxygen atoms in total. The first-order chi connectivity index (χ1) is 13.5. The minimum absolute atomic E-state index is 0.0136. The zero-order valence-electron chi connectivity index (χ0n) is 15.5. The molecular formula is C20H21N3O5. The molecule has 1 aromatic carbocycles. The van der Waals surface area contributed by atoms with Gasteiger partial charge in [0, 0.05) is 32.4 Å². The summed E-state index contributed by atoms with van der Waals surface area (Å²) in [5.41, 5.74) is 0.598. The third kappa shape index (κ3) is 4.11. The molecule has 146 valence electrons. The molecule has 1 N–H and O–H groups in total. The Balaban J connectivity index is 1.66. The van der Waals surface area contributed by atoms with E-state index >= 15 is 0 Å². The lowest BCUT2D eigenvalue weighted by Crippen LogP contribution is -2.50. The molecule has 0 saturated carbocycles. The van der Waals surface area contributed by atoms with Crippen LogP contribution in [0.25, 0.3) is 0 Å². The van der Waals surface area contributed by atoms with Crippen molar-refractivity contribution < 1.29 is 24.2 Å². The maximum Gasteiger partial charge on any atom is 0.335 e. The number of para-hydroxylation sites is 1. The van der Waals surface area contributed by atoms with Crippen LogP contribution in [0.15, 0.2) is 42.6 Å². The smallest absolute Gasteiger partial charge is 0.335 e. The van der Waals surface area contributed by atoms with Gasteiger partial charge in [-0.1, -0.05) is 12.1 Å². The predicted molar refractivity (Wildman–Crippen MR) is 101 cm³/mol. The molecule has 3 rings (SSSR count). The summed E-state index contributed by atoms with van der Waals surface area (Å²) < 4.78 is 5.53. The van der Waals surface area contributed by atoms with Crippen LogP contribution in [0.5, 0.6) is 5.75 Å². The average molecular weight is 383 g/mol. The van der Waals surface area contributed by atoms with E-state index < -0.39 is 5.97 Å². The summed E-state index contributed by atoms with van der Waals surface area (Å²) in [5, 5.41) is 9.06. The second-order valence-electron chi connectivity index (χ2n) is 6.25. The standard InChI is InChI=1S/C20H21N3O5/c1-2-28-17-6-4-3-5-15(17)18(24)22-9-11-23(12-10-22)19(25)16-13-14(20(26)27)7-8-21-16/h3-8,13H,2,9-12H2,1H3,(H,26,27). The number of aromatic nitrogens is 1. The van der Waals surface area contributed by atoms with E-state index in [1.54, 1.807) is 28.0 Å². The van der Waals surface area contributed by atoms with Crippen molar-refractivity contribution in [3.8, 4) is 5.75 Å². The SMILES string of the molecule is CCOc1ccccc1C(=O)N1CCN(C(=O)c2cc(C(=O)O)ccn2)CC1. The van der Waals surface area contributed by atoms with E-state index in [1.807, 2.05) is 13.0 Å². The number of nitrogens with zero attached hydrogens (tertiary/aromatic N) is 3. The number of carbonyl (C=O) groups excluding carboxylic acids is 2. The van der Waals surface area contributed by atoms with Gasteiger partial charge in [-0.15, -0.1) is 0 Å². The first-order valence-corrected chi connectivity index (χ1v) is 9.01. The van der Waals surface area contributed by atoms with Gasteiger partial charge in [0.25, 0.3) is 11.8 Å². The van der Waals surface area contributed by atoms with Gasteiger partial charge in [-0.2, -0.15) is 0 Å². The maximum atomic E-state index is 12.8. The van der Waals surface area contributed by atoms with Gasteiger partial charge in [-0.25, -0.2) is 4.79 Å². The van der Waals surface area contributed by atoms with Gasteiger partial charge >= 0.3 is 5.97 Å². The number of amides is 2. The highest BCUT2D eigenvalue weighted by atomic mass is 16.5. The molecule has 0 unspecified atom stereocenters. The van der Waals surface area contributed by atoms with Gasteiger partial charge in [-0.3, -0.25) is 14.6 Å². The van der Waals surface area contributed by atoms with Crippen LogP contribution in [0.4, 0.5) is 0 Å². The highest BCUT2D eigenvalue weighted by Gasteiger charge is 2.27. The van der Waals surface area contributed by atoms with Crippen LogP contribution < -0.4 is 4.74 Å². The lowest BCUT2D eigenvalue weighted by Gasteiger charge is -2.34. The van der Waals surface area contributed by atoms with Crippen LogP contribution in [-0.4, -0.2) is 70.5 Å². The molecule has 2 heterocycles. The highest BCUT2D eigenvalue weighted by Crippen LogP contribution is 2.21. The Morgan fingerprint density at radius 1 is 1.04 bits per heavy atom. The van der Waals surface area contributed by atoms with E-state index in [-0.39, 0.29) is 23.1 Å². The molecule has 0 aliphatic carbocycles. The largest absolute Gasteiger partial charge is 0.493 e. The lowest BCUT2D eigenvalue weighted by atomic mass is 10.1. The number of benzene rings is 1. The zero-order chi connectivity index (χ0) is 20.1. The molecule has 2 amide bonds. The number of carbonyl (C=O) groups is 3. The van der Waals surface area contributed by atoms with Crippen LogP contribution in [-0.2, 0) is 0 Å². The Labute approximate surface area is 162 Å². The predicted octanol–water partition coefficient (Wildman–Crippen LogP) is 1.78. The third-order valence-electron chi connectivity index (χ3n) is 4.50. The summed E-state index contributed by atoms with van der Waals surface area (Å²) in [6.07, 6.45) is 1.31. The van der Waals surface area contributed by atoms with Crippen molar-refractivity contribution in [2.24, 2.45) is 0 Å². The molecule has 0 bridgehead atoms. The Hall–Kier alpha value is -3.42. The van der Waals surface area contributed by atoms with E-state index in [0.717, 1.165) is 0 Å². The number of ether oxygens (including phenoxy) is 1. The molecule has 1 aliphatic heterocycles. The van der Waals surface area contributed by atoms with Crippen molar-refractivity contribution in [3.05, 3.63) is 59.4 Å². The van der Waals surface area contributed by atoms with Gasteiger partial charge in [0.05, 0.1) is 17.7 Å². The molecule has 0 atom stereocenters. The van der Waals surface area contributed by atoms with Crippen molar-refractivity contribution in [1.29, 1.82) is 0 Å². The number of hydrogen-bond acceptors (Lipinski definition) is 5. The van der Waals surface area contributed by atoms with Crippen LogP contribution in [0.2, 0.25) is 0 Å². The molecule has 1 aliphatic rings. The van der Waals surface area contributed by atoms with E-state index in [1.165, 1.54) is 18.3 Å². The van der Waals surface area contributed by atoms with E-state index in [9.17, 15) is 14.4 Å². The summed E-state index contributed by atoms with van der Waals surface area (Å²) in [4.78, 5) is 43.7. The molecule has 1 fully saturated rings. The molecule has 28 heavy (non-hydrogen) atoms. The van der Waals surface area contributed by atoms with Crippen LogP contribution in [0, 0.1) is 0 Å². The molecule has 8 heteroatoms. The van der Waals surface area contributed by atoms with Crippen molar-refractivity contribution in [1.82, 2.24) is 14.8 Å². The Bertz CT molecular complexity index is 891. The van der Waals surface area contributed by atoms with E-state index in [4.69, 9.17) is 9.84 Å². The summed E-state index contributed by atoms with van der Waals surface area (Å²) in [6, 6.07) is 9.70. The van der Waals surface area contributed by atoms with E-state index in [0.29, 0.717) is 44.1 Å². The minimum atomic E-state index is -1.11. The van der Waals surface area contributed by atoms with E-state index in [2.05, 4.69) is 4.98 Å².